The van der Waals surface area contributed by atoms with E-state index in [4.69, 9.17) is 5.73 Å². The molecule has 2 bridgehead atoms. The van der Waals surface area contributed by atoms with Crippen LogP contribution in [-0.4, -0.2) is 48.9 Å². The Morgan fingerprint density at radius 2 is 1.67 bits per heavy atom. The van der Waals surface area contributed by atoms with Crippen LogP contribution in [0.25, 0.3) is 0 Å². The number of nitrogens with one attached hydrogen (secondary N) is 2. The Bertz CT molecular complexity index is 711. The molecule has 30 heavy (non-hydrogen) atoms. The van der Waals surface area contributed by atoms with Crippen LogP contribution in [0.3, 0.4) is 0 Å². The highest BCUT2D eigenvalue weighted by Crippen LogP contribution is 2.50. The molecule has 5 atom stereocenters. The fourth-order valence-electron chi connectivity index (χ4n) is 5.35. The van der Waals surface area contributed by atoms with E-state index in [9.17, 15) is 9.59 Å². The van der Waals surface area contributed by atoms with Gasteiger partial charge < -0.3 is 21.3 Å². The standard InChI is InChI=1S/C24H38N4O2/c1-15(2)26-23(29)20(21-18-12-19(21)14-28(4)13-18)11-10-16(3)27-24(30)22(25)17-8-6-5-7-9-17/h5-9,15-16,18-22H,10-14,25H2,1-4H3,(H,26,29)(H,27,30). The maximum Gasteiger partial charge on any atom is 0.241 e. The first-order valence-electron chi connectivity index (χ1n) is 11.4. The zero-order valence-electron chi connectivity index (χ0n) is 18.8. The maximum atomic E-state index is 13.0. The summed E-state index contributed by atoms with van der Waals surface area (Å²) in [7, 11) is 2.17. The Morgan fingerprint density at radius 1 is 1.03 bits per heavy atom. The third-order valence-corrected chi connectivity index (χ3v) is 6.76. The van der Waals surface area contributed by atoms with Crippen LogP contribution in [0.15, 0.2) is 30.3 Å². The van der Waals surface area contributed by atoms with E-state index in [1.807, 2.05) is 51.1 Å². The van der Waals surface area contributed by atoms with E-state index in [2.05, 4.69) is 22.6 Å². The molecule has 2 aliphatic rings. The highest BCUT2D eigenvalue weighted by atomic mass is 16.2. The number of rotatable bonds is 9. The van der Waals surface area contributed by atoms with Gasteiger partial charge >= 0.3 is 0 Å². The van der Waals surface area contributed by atoms with Gasteiger partial charge in [0.25, 0.3) is 0 Å². The van der Waals surface area contributed by atoms with Gasteiger partial charge in [-0.1, -0.05) is 30.3 Å². The second-order valence-corrected chi connectivity index (χ2v) is 9.70. The number of carbonyl (C=O) groups excluding carboxylic acids is 2. The molecule has 5 unspecified atom stereocenters. The fraction of sp³-hybridized carbons (Fsp3) is 0.667. The van der Waals surface area contributed by atoms with Crippen molar-refractivity contribution in [2.75, 3.05) is 20.1 Å². The van der Waals surface area contributed by atoms with E-state index >= 15 is 0 Å². The molecule has 1 heterocycles. The lowest BCUT2D eigenvalue weighted by atomic mass is 9.56. The van der Waals surface area contributed by atoms with Crippen LogP contribution in [0.4, 0.5) is 0 Å². The van der Waals surface area contributed by atoms with E-state index < -0.39 is 6.04 Å². The Morgan fingerprint density at radius 3 is 2.27 bits per heavy atom. The highest BCUT2D eigenvalue weighted by molar-refractivity contribution is 5.83. The quantitative estimate of drug-likeness (QED) is 0.579. The number of likely N-dealkylation sites (tertiary alicyclic amines) is 1. The smallest absolute Gasteiger partial charge is 0.241 e. The minimum absolute atomic E-state index is 0.0204. The van der Waals surface area contributed by atoms with E-state index in [1.165, 1.54) is 6.42 Å². The number of hydrogen-bond acceptors (Lipinski definition) is 4. The van der Waals surface area contributed by atoms with Crippen molar-refractivity contribution in [1.29, 1.82) is 0 Å². The fourth-order valence-corrected chi connectivity index (χ4v) is 5.35. The zero-order valence-corrected chi connectivity index (χ0v) is 18.8. The summed E-state index contributed by atoms with van der Waals surface area (Å²) in [6.45, 7) is 8.20. The first-order valence-corrected chi connectivity index (χ1v) is 11.4. The largest absolute Gasteiger partial charge is 0.354 e. The SMILES string of the molecule is CC(C)NC(=O)C(CCC(C)NC(=O)C(N)c1ccccc1)C1C2CC1CN(C)C2. The molecule has 1 aromatic rings. The number of fused-ring (bicyclic) bond motifs is 2. The second kappa shape index (κ2) is 9.92. The number of piperidine rings is 2. The van der Waals surface area contributed by atoms with Crippen molar-refractivity contribution in [1.82, 2.24) is 15.5 Å². The third kappa shape index (κ3) is 5.41. The summed E-state index contributed by atoms with van der Waals surface area (Å²) in [5.74, 6) is 1.73. The Balaban J connectivity index is 1.57. The van der Waals surface area contributed by atoms with Gasteiger partial charge in [-0.05, 0) is 70.4 Å². The lowest BCUT2D eigenvalue weighted by Crippen LogP contribution is -2.58. The normalized spacial score (nSPS) is 26.4. The average Bonchev–Trinajstić information content (AvgIpc) is 2.70. The molecule has 166 valence electrons. The molecule has 1 aliphatic heterocycles. The van der Waals surface area contributed by atoms with Gasteiger partial charge in [0.1, 0.15) is 6.04 Å². The summed E-state index contributed by atoms with van der Waals surface area (Å²) < 4.78 is 0. The van der Waals surface area contributed by atoms with Gasteiger partial charge in [-0.25, -0.2) is 0 Å². The third-order valence-electron chi connectivity index (χ3n) is 6.76. The summed E-state index contributed by atoms with van der Waals surface area (Å²) in [6.07, 6.45) is 2.82. The first-order chi connectivity index (χ1) is 14.3. The van der Waals surface area contributed by atoms with Gasteiger partial charge in [0.15, 0.2) is 0 Å². The molecule has 3 rings (SSSR count). The predicted octanol–water partition coefficient (Wildman–Crippen LogP) is 2.31. The Labute approximate surface area is 181 Å². The Hall–Kier alpha value is -1.92. The second-order valence-electron chi connectivity index (χ2n) is 9.70. The minimum Gasteiger partial charge on any atom is -0.354 e. The summed E-state index contributed by atoms with van der Waals surface area (Å²) in [5.41, 5.74) is 6.93. The summed E-state index contributed by atoms with van der Waals surface area (Å²) in [6, 6.07) is 8.87. The van der Waals surface area contributed by atoms with Gasteiger partial charge in [-0.3, -0.25) is 9.59 Å². The molecule has 1 aliphatic carbocycles. The predicted molar refractivity (Wildman–Crippen MR) is 120 cm³/mol. The van der Waals surface area contributed by atoms with Gasteiger partial charge in [-0.2, -0.15) is 0 Å². The number of amides is 2. The van der Waals surface area contributed by atoms with Crippen LogP contribution in [0, 0.1) is 23.7 Å². The monoisotopic (exact) mass is 414 g/mol. The number of nitrogens with two attached hydrogens (primary N) is 1. The van der Waals surface area contributed by atoms with Crippen molar-refractivity contribution in [3.63, 3.8) is 0 Å². The number of nitrogens with zero attached hydrogens (tertiary/aromatic N) is 1. The molecule has 2 amide bonds. The van der Waals surface area contributed by atoms with E-state index in [0.29, 0.717) is 17.8 Å². The highest BCUT2D eigenvalue weighted by Gasteiger charge is 2.50. The van der Waals surface area contributed by atoms with Gasteiger partial charge in [0, 0.05) is 31.1 Å². The maximum absolute atomic E-state index is 13.0. The van der Waals surface area contributed by atoms with Crippen molar-refractivity contribution in [3.05, 3.63) is 35.9 Å². The van der Waals surface area contributed by atoms with Crippen molar-refractivity contribution in [2.45, 2.75) is 58.2 Å². The minimum atomic E-state index is -0.671. The summed E-state index contributed by atoms with van der Waals surface area (Å²) in [5, 5.41) is 6.18. The topological polar surface area (TPSA) is 87.5 Å². The molecular formula is C24H38N4O2. The molecule has 1 aromatic carbocycles. The van der Waals surface area contributed by atoms with E-state index in [0.717, 1.165) is 31.5 Å². The van der Waals surface area contributed by atoms with E-state index in [1.54, 1.807) is 0 Å². The van der Waals surface area contributed by atoms with Crippen molar-refractivity contribution in [2.24, 2.45) is 29.4 Å². The molecule has 0 radical (unpaired) electrons. The summed E-state index contributed by atoms with van der Waals surface area (Å²) in [4.78, 5) is 27.9. The van der Waals surface area contributed by atoms with Crippen LogP contribution < -0.4 is 16.4 Å². The molecule has 6 nitrogen and oxygen atoms in total. The van der Waals surface area contributed by atoms with E-state index in [-0.39, 0.29) is 29.8 Å². The number of carbonyl (C=O) groups is 2. The Kier molecular flexibility index (Phi) is 7.53. The molecule has 6 heteroatoms. The molecule has 0 aromatic heterocycles. The molecule has 2 fully saturated rings. The van der Waals surface area contributed by atoms with Crippen molar-refractivity contribution in [3.8, 4) is 0 Å². The van der Waals surface area contributed by atoms with Crippen LogP contribution >= 0.6 is 0 Å². The molecule has 1 saturated carbocycles. The molecule has 4 N–H and O–H groups in total. The number of hydrogen-bond donors (Lipinski definition) is 3. The van der Waals surface area contributed by atoms with Crippen LogP contribution in [-0.2, 0) is 9.59 Å². The molecular weight excluding hydrogens is 376 g/mol. The van der Waals surface area contributed by atoms with Gasteiger partial charge in [0.05, 0.1) is 0 Å². The van der Waals surface area contributed by atoms with Crippen LogP contribution in [0.2, 0.25) is 0 Å². The number of benzene rings is 1. The van der Waals surface area contributed by atoms with Crippen molar-refractivity contribution < 1.29 is 9.59 Å². The molecule has 1 saturated heterocycles. The first kappa shape index (κ1) is 22.8. The summed E-state index contributed by atoms with van der Waals surface area (Å²) >= 11 is 0. The molecule has 0 spiro atoms. The van der Waals surface area contributed by atoms with Crippen LogP contribution in [0.5, 0.6) is 0 Å². The van der Waals surface area contributed by atoms with Gasteiger partial charge in [0.2, 0.25) is 11.8 Å². The lowest BCUT2D eigenvalue weighted by Gasteiger charge is -2.55. The van der Waals surface area contributed by atoms with Crippen LogP contribution in [0.1, 0.15) is 51.6 Å². The zero-order chi connectivity index (χ0) is 21.8. The van der Waals surface area contributed by atoms with Gasteiger partial charge in [-0.15, -0.1) is 0 Å². The average molecular weight is 415 g/mol. The lowest BCUT2D eigenvalue weighted by molar-refractivity contribution is -0.137. The van der Waals surface area contributed by atoms with Crippen molar-refractivity contribution >= 4 is 11.8 Å².